The van der Waals surface area contributed by atoms with E-state index < -0.39 is 15.7 Å². The van der Waals surface area contributed by atoms with Gasteiger partial charge in [-0.15, -0.1) is 0 Å². The maximum absolute atomic E-state index is 12.6. The second-order valence-corrected chi connectivity index (χ2v) is 6.32. The van der Waals surface area contributed by atoms with Gasteiger partial charge < -0.3 is 10.1 Å². The first kappa shape index (κ1) is 15.8. The van der Waals surface area contributed by atoms with E-state index in [4.69, 9.17) is 4.74 Å². The van der Waals surface area contributed by atoms with Crippen molar-refractivity contribution in [3.05, 3.63) is 61.2 Å². The van der Waals surface area contributed by atoms with Gasteiger partial charge in [0.15, 0.2) is 0 Å². The number of nitrogens with one attached hydrogen (secondary N) is 1. The zero-order valence-electron chi connectivity index (χ0n) is 11.9. The van der Waals surface area contributed by atoms with E-state index in [2.05, 4.69) is 11.9 Å². The molecule has 2 aromatic rings. The highest BCUT2D eigenvalue weighted by Gasteiger charge is 2.19. The fourth-order valence-electron chi connectivity index (χ4n) is 1.87. The van der Waals surface area contributed by atoms with Crippen molar-refractivity contribution in [1.82, 2.24) is 0 Å². The fourth-order valence-corrected chi connectivity index (χ4v) is 3.18. The van der Waals surface area contributed by atoms with Gasteiger partial charge in [-0.3, -0.25) is 4.79 Å². The number of rotatable bonds is 5. The fraction of sp³-hybridized carbons (Fsp3) is 0.0625. The standard InChI is InChI=1S/C16H15NO4S/c1-3-16(18)17-14-11-13(9-10-15(14)21-2)22(19,20)12-7-5-4-6-8-12/h3-11H,1H2,2H3,(H,17,18). The first-order valence-electron chi connectivity index (χ1n) is 6.40. The van der Waals surface area contributed by atoms with Crippen molar-refractivity contribution in [2.24, 2.45) is 0 Å². The molecule has 0 atom stereocenters. The molecule has 6 heteroatoms. The van der Waals surface area contributed by atoms with E-state index in [0.29, 0.717) is 5.75 Å². The molecule has 5 nitrogen and oxygen atoms in total. The summed E-state index contributed by atoms with van der Waals surface area (Å²) in [5.74, 6) is -0.0882. The van der Waals surface area contributed by atoms with Crippen LogP contribution in [0.5, 0.6) is 5.75 Å². The Balaban J connectivity index is 2.51. The van der Waals surface area contributed by atoms with Gasteiger partial charge in [0.05, 0.1) is 22.6 Å². The number of amides is 1. The number of methoxy groups -OCH3 is 1. The lowest BCUT2D eigenvalue weighted by Gasteiger charge is -2.11. The normalized spacial score (nSPS) is 10.8. The molecule has 0 heterocycles. The molecule has 0 aliphatic rings. The molecule has 1 amide bonds. The highest BCUT2D eigenvalue weighted by atomic mass is 32.2. The summed E-state index contributed by atoms with van der Waals surface area (Å²) < 4.78 is 30.3. The minimum Gasteiger partial charge on any atom is -0.495 e. The number of carbonyl (C=O) groups is 1. The third kappa shape index (κ3) is 3.17. The number of hydrogen-bond acceptors (Lipinski definition) is 4. The van der Waals surface area contributed by atoms with Gasteiger partial charge in [-0.05, 0) is 36.4 Å². The maximum atomic E-state index is 12.6. The number of ether oxygens (including phenoxy) is 1. The van der Waals surface area contributed by atoms with Gasteiger partial charge in [0.25, 0.3) is 0 Å². The molecule has 2 aromatic carbocycles. The molecule has 22 heavy (non-hydrogen) atoms. The molecule has 0 saturated carbocycles. The molecule has 0 saturated heterocycles. The van der Waals surface area contributed by atoms with Crippen LogP contribution in [0.3, 0.4) is 0 Å². The van der Waals surface area contributed by atoms with Gasteiger partial charge in [0.1, 0.15) is 5.75 Å². The quantitative estimate of drug-likeness (QED) is 0.861. The summed E-state index contributed by atoms with van der Waals surface area (Å²) in [5, 5.41) is 2.53. The molecule has 0 aliphatic heterocycles. The zero-order chi connectivity index (χ0) is 16.2. The average Bonchev–Trinajstić information content (AvgIpc) is 2.55. The lowest BCUT2D eigenvalue weighted by Crippen LogP contribution is -2.10. The summed E-state index contributed by atoms with van der Waals surface area (Å²) in [6.45, 7) is 3.36. The second kappa shape index (κ2) is 6.44. The van der Waals surface area contributed by atoms with Gasteiger partial charge in [-0.2, -0.15) is 0 Å². The molecule has 0 spiro atoms. The predicted molar refractivity (Wildman–Crippen MR) is 83.7 cm³/mol. The summed E-state index contributed by atoms with van der Waals surface area (Å²) in [4.78, 5) is 11.7. The van der Waals surface area contributed by atoms with E-state index in [1.54, 1.807) is 18.2 Å². The summed E-state index contributed by atoms with van der Waals surface area (Å²) in [6, 6.07) is 12.4. The highest BCUT2D eigenvalue weighted by Crippen LogP contribution is 2.30. The Hall–Kier alpha value is -2.60. The minimum atomic E-state index is -3.66. The number of sulfone groups is 1. The van der Waals surface area contributed by atoms with Crippen LogP contribution in [0, 0.1) is 0 Å². The Kier molecular flexibility index (Phi) is 4.62. The Morgan fingerprint density at radius 2 is 1.82 bits per heavy atom. The molecule has 2 rings (SSSR count). The SMILES string of the molecule is C=CC(=O)Nc1cc(S(=O)(=O)c2ccccc2)ccc1OC. The van der Waals surface area contributed by atoms with Gasteiger partial charge in [-0.25, -0.2) is 8.42 Å². The Labute approximate surface area is 129 Å². The lowest BCUT2D eigenvalue weighted by atomic mass is 10.3. The summed E-state index contributed by atoms with van der Waals surface area (Å²) >= 11 is 0. The van der Waals surface area contributed by atoms with Crippen molar-refractivity contribution in [3.63, 3.8) is 0 Å². The average molecular weight is 317 g/mol. The largest absolute Gasteiger partial charge is 0.495 e. The van der Waals surface area contributed by atoms with E-state index in [1.165, 1.54) is 37.4 Å². The molecule has 0 aliphatic carbocycles. The van der Waals surface area contributed by atoms with Crippen LogP contribution in [0.2, 0.25) is 0 Å². The van der Waals surface area contributed by atoms with Crippen molar-refractivity contribution < 1.29 is 17.9 Å². The molecule has 0 fully saturated rings. The van der Waals surface area contributed by atoms with Crippen LogP contribution in [-0.4, -0.2) is 21.4 Å². The van der Waals surface area contributed by atoms with E-state index >= 15 is 0 Å². The van der Waals surface area contributed by atoms with Crippen molar-refractivity contribution in [2.75, 3.05) is 12.4 Å². The molecule has 0 unspecified atom stereocenters. The molecule has 114 valence electrons. The Morgan fingerprint density at radius 3 is 2.41 bits per heavy atom. The Morgan fingerprint density at radius 1 is 1.14 bits per heavy atom. The van der Waals surface area contributed by atoms with Crippen molar-refractivity contribution in [3.8, 4) is 5.75 Å². The van der Waals surface area contributed by atoms with E-state index in [9.17, 15) is 13.2 Å². The van der Waals surface area contributed by atoms with Crippen LogP contribution in [0.15, 0.2) is 71.0 Å². The second-order valence-electron chi connectivity index (χ2n) is 4.37. The maximum Gasteiger partial charge on any atom is 0.247 e. The van der Waals surface area contributed by atoms with Crippen molar-refractivity contribution in [1.29, 1.82) is 0 Å². The van der Waals surface area contributed by atoms with Gasteiger partial charge >= 0.3 is 0 Å². The molecular weight excluding hydrogens is 302 g/mol. The number of carbonyl (C=O) groups excluding carboxylic acids is 1. The van der Waals surface area contributed by atoms with Crippen molar-refractivity contribution >= 4 is 21.4 Å². The van der Waals surface area contributed by atoms with E-state index in [1.807, 2.05) is 0 Å². The molecular formula is C16H15NO4S. The van der Waals surface area contributed by atoms with Gasteiger partial charge in [0.2, 0.25) is 15.7 Å². The number of anilines is 1. The third-order valence-electron chi connectivity index (χ3n) is 2.98. The number of hydrogen-bond donors (Lipinski definition) is 1. The zero-order valence-corrected chi connectivity index (χ0v) is 12.8. The monoisotopic (exact) mass is 317 g/mol. The minimum absolute atomic E-state index is 0.0684. The smallest absolute Gasteiger partial charge is 0.247 e. The van der Waals surface area contributed by atoms with Crippen LogP contribution in [0.25, 0.3) is 0 Å². The Bertz CT molecular complexity index is 798. The van der Waals surface area contributed by atoms with Gasteiger partial charge in [0, 0.05) is 0 Å². The molecule has 0 bridgehead atoms. The summed E-state index contributed by atoms with van der Waals surface area (Å²) in [7, 11) is -2.23. The first-order chi connectivity index (χ1) is 10.5. The van der Waals surface area contributed by atoms with Crippen molar-refractivity contribution in [2.45, 2.75) is 9.79 Å². The van der Waals surface area contributed by atoms with Crippen LogP contribution < -0.4 is 10.1 Å². The lowest BCUT2D eigenvalue weighted by molar-refractivity contribution is -0.111. The van der Waals surface area contributed by atoms with Crippen LogP contribution in [0.1, 0.15) is 0 Å². The summed E-state index contributed by atoms with van der Waals surface area (Å²) in [5.41, 5.74) is 0.268. The predicted octanol–water partition coefficient (Wildman–Crippen LogP) is 2.65. The van der Waals surface area contributed by atoms with Crippen LogP contribution >= 0.6 is 0 Å². The number of benzene rings is 2. The summed E-state index contributed by atoms with van der Waals surface area (Å²) in [6.07, 6.45) is 1.10. The van der Waals surface area contributed by atoms with Crippen LogP contribution in [-0.2, 0) is 14.6 Å². The van der Waals surface area contributed by atoms with Crippen LogP contribution in [0.4, 0.5) is 5.69 Å². The van der Waals surface area contributed by atoms with E-state index in [0.717, 1.165) is 6.08 Å². The van der Waals surface area contributed by atoms with Gasteiger partial charge in [-0.1, -0.05) is 24.8 Å². The molecule has 0 radical (unpaired) electrons. The molecule has 0 aromatic heterocycles. The highest BCUT2D eigenvalue weighted by molar-refractivity contribution is 7.91. The first-order valence-corrected chi connectivity index (χ1v) is 7.89. The topological polar surface area (TPSA) is 72.5 Å². The molecule has 1 N–H and O–H groups in total. The third-order valence-corrected chi connectivity index (χ3v) is 4.75. The van der Waals surface area contributed by atoms with E-state index in [-0.39, 0.29) is 15.5 Å².